The van der Waals surface area contributed by atoms with Crippen LogP contribution in [0.4, 0.5) is 5.69 Å². The molecular formula is C17H15ClN2O2S. The first kappa shape index (κ1) is 15.8. The van der Waals surface area contributed by atoms with Crippen molar-refractivity contribution in [3.63, 3.8) is 0 Å². The normalized spacial score (nSPS) is 11.7. The van der Waals surface area contributed by atoms with Crippen LogP contribution in [0.15, 0.2) is 65.6 Å². The van der Waals surface area contributed by atoms with Crippen molar-refractivity contribution in [3.8, 4) is 0 Å². The topological polar surface area (TPSA) is 72.2 Å². The van der Waals surface area contributed by atoms with E-state index in [4.69, 9.17) is 17.3 Å². The summed E-state index contributed by atoms with van der Waals surface area (Å²) in [5, 5.41) is 1.94. The van der Waals surface area contributed by atoms with E-state index in [2.05, 4.69) is 4.72 Å². The lowest BCUT2D eigenvalue weighted by atomic mass is 10.1. The van der Waals surface area contributed by atoms with Gasteiger partial charge in [0, 0.05) is 28.0 Å². The second-order valence-electron chi connectivity index (χ2n) is 5.15. The molecular weight excluding hydrogens is 332 g/mol. The maximum absolute atomic E-state index is 12.6. The van der Waals surface area contributed by atoms with E-state index in [0.717, 1.165) is 10.9 Å². The minimum Gasteiger partial charge on any atom is -0.398 e. The van der Waals surface area contributed by atoms with Gasteiger partial charge in [-0.15, -0.1) is 0 Å². The van der Waals surface area contributed by atoms with E-state index >= 15 is 0 Å². The summed E-state index contributed by atoms with van der Waals surface area (Å²) in [6, 6.07) is 17.3. The lowest BCUT2D eigenvalue weighted by molar-refractivity contribution is 0.582. The van der Waals surface area contributed by atoms with E-state index in [1.54, 1.807) is 54.6 Å². The monoisotopic (exact) mass is 346 g/mol. The number of nitrogens with one attached hydrogen (secondary N) is 1. The molecule has 0 fully saturated rings. The van der Waals surface area contributed by atoms with Gasteiger partial charge in [-0.3, -0.25) is 0 Å². The standard InChI is InChI=1S/C17H15ClN2O2S/c18-13-9-7-12(8-10-13)11-20-23(21,22)17-6-2-3-14-15(17)4-1-5-16(14)19/h1-10,20H,11,19H2. The summed E-state index contributed by atoms with van der Waals surface area (Å²) in [4.78, 5) is 0.219. The van der Waals surface area contributed by atoms with Gasteiger partial charge in [-0.1, -0.05) is 48.0 Å². The summed E-state index contributed by atoms with van der Waals surface area (Å²) in [7, 11) is -3.65. The summed E-state index contributed by atoms with van der Waals surface area (Å²) in [6.45, 7) is 0.193. The molecule has 0 saturated heterocycles. The Balaban J connectivity index is 1.94. The fraction of sp³-hybridized carbons (Fsp3) is 0.0588. The zero-order valence-electron chi connectivity index (χ0n) is 12.2. The molecule has 0 amide bonds. The SMILES string of the molecule is Nc1cccc2c(S(=O)(=O)NCc3ccc(Cl)cc3)cccc12. The lowest BCUT2D eigenvalue weighted by Crippen LogP contribution is -2.23. The number of halogens is 1. The Labute approximate surface area is 139 Å². The van der Waals surface area contributed by atoms with Crippen LogP contribution in [0.1, 0.15) is 5.56 Å². The Kier molecular flexibility index (Phi) is 4.26. The maximum Gasteiger partial charge on any atom is 0.241 e. The van der Waals surface area contributed by atoms with Gasteiger partial charge in [0.1, 0.15) is 0 Å². The number of nitrogens with two attached hydrogens (primary N) is 1. The molecule has 0 aromatic heterocycles. The number of benzene rings is 3. The van der Waals surface area contributed by atoms with E-state index in [1.165, 1.54) is 0 Å². The van der Waals surface area contributed by atoms with Crippen LogP contribution < -0.4 is 10.5 Å². The Morgan fingerprint density at radius 1 is 0.913 bits per heavy atom. The van der Waals surface area contributed by atoms with Crippen LogP contribution in [-0.2, 0) is 16.6 Å². The van der Waals surface area contributed by atoms with Crippen molar-refractivity contribution in [1.82, 2.24) is 4.72 Å². The number of rotatable bonds is 4. The van der Waals surface area contributed by atoms with Gasteiger partial charge in [-0.05, 0) is 29.8 Å². The average molecular weight is 347 g/mol. The van der Waals surface area contributed by atoms with Crippen LogP contribution in [0.5, 0.6) is 0 Å². The third-order valence-corrected chi connectivity index (χ3v) is 5.30. The van der Waals surface area contributed by atoms with Gasteiger partial charge in [0.05, 0.1) is 4.90 Å². The first-order valence-corrected chi connectivity index (χ1v) is 8.85. The van der Waals surface area contributed by atoms with Gasteiger partial charge < -0.3 is 5.73 Å². The van der Waals surface area contributed by atoms with Crippen LogP contribution in [0.25, 0.3) is 10.8 Å². The molecule has 0 aliphatic heterocycles. The summed E-state index contributed by atoms with van der Waals surface area (Å²) in [5.74, 6) is 0. The van der Waals surface area contributed by atoms with E-state index in [-0.39, 0.29) is 11.4 Å². The zero-order chi connectivity index (χ0) is 16.4. The van der Waals surface area contributed by atoms with Crippen molar-refractivity contribution in [1.29, 1.82) is 0 Å². The molecule has 0 unspecified atom stereocenters. The average Bonchev–Trinajstić information content (AvgIpc) is 2.54. The summed E-state index contributed by atoms with van der Waals surface area (Å²) >= 11 is 5.83. The zero-order valence-corrected chi connectivity index (χ0v) is 13.7. The van der Waals surface area contributed by atoms with Crippen LogP contribution >= 0.6 is 11.6 Å². The minimum atomic E-state index is -3.65. The molecule has 0 atom stereocenters. The van der Waals surface area contributed by atoms with Crippen LogP contribution in [-0.4, -0.2) is 8.42 Å². The molecule has 3 N–H and O–H groups in total. The summed E-state index contributed by atoms with van der Waals surface area (Å²) in [5.41, 5.74) is 7.30. The summed E-state index contributed by atoms with van der Waals surface area (Å²) < 4.78 is 27.9. The quantitative estimate of drug-likeness (QED) is 0.709. The van der Waals surface area contributed by atoms with Gasteiger partial charge in [0.25, 0.3) is 0 Å². The van der Waals surface area contributed by atoms with Gasteiger partial charge in [0.15, 0.2) is 0 Å². The van der Waals surface area contributed by atoms with Crippen molar-refractivity contribution in [2.24, 2.45) is 0 Å². The number of anilines is 1. The van der Waals surface area contributed by atoms with E-state index in [0.29, 0.717) is 16.1 Å². The number of hydrogen-bond acceptors (Lipinski definition) is 3. The van der Waals surface area contributed by atoms with Crippen LogP contribution in [0, 0.1) is 0 Å². The summed E-state index contributed by atoms with van der Waals surface area (Å²) in [6.07, 6.45) is 0. The Bertz CT molecular complexity index is 954. The molecule has 0 heterocycles. The van der Waals surface area contributed by atoms with Crippen molar-refractivity contribution in [3.05, 3.63) is 71.2 Å². The second-order valence-corrected chi connectivity index (χ2v) is 7.32. The van der Waals surface area contributed by atoms with Crippen molar-refractivity contribution >= 4 is 38.1 Å². The van der Waals surface area contributed by atoms with Gasteiger partial charge in [-0.2, -0.15) is 0 Å². The van der Waals surface area contributed by atoms with Crippen molar-refractivity contribution in [2.45, 2.75) is 11.4 Å². The molecule has 0 bridgehead atoms. The number of nitrogen functional groups attached to an aromatic ring is 1. The molecule has 0 spiro atoms. The Morgan fingerprint density at radius 3 is 2.30 bits per heavy atom. The molecule has 3 aromatic rings. The molecule has 0 radical (unpaired) electrons. The molecule has 6 heteroatoms. The molecule has 0 aliphatic carbocycles. The maximum atomic E-state index is 12.6. The number of sulfonamides is 1. The highest BCUT2D eigenvalue weighted by Gasteiger charge is 2.17. The smallest absolute Gasteiger partial charge is 0.241 e. The molecule has 118 valence electrons. The second kappa shape index (κ2) is 6.20. The highest BCUT2D eigenvalue weighted by molar-refractivity contribution is 7.89. The van der Waals surface area contributed by atoms with Crippen LogP contribution in [0.3, 0.4) is 0 Å². The molecule has 23 heavy (non-hydrogen) atoms. The molecule has 0 saturated carbocycles. The van der Waals surface area contributed by atoms with E-state index in [9.17, 15) is 8.42 Å². The van der Waals surface area contributed by atoms with E-state index < -0.39 is 10.0 Å². The van der Waals surface area contributed by atoms with Crippen molar-refractivity contribution in [2.75, 3.05) is 5.73 Å². The molecule has 3 rings (SSSR count). The fourth-order valence-corrected chi connectivity index (χ4v) is 3.76. The fourth-order valence-electron chi connectivity index (χ4n) is 2.40. The molecule has 3 aromatic carbocycles. The van der Waals surface area contributed by atoms with Gasteiger partial charge >= 0.3 is 0 Å². The first-order valence-electron chi connectivity index (χ1n) is 6.99. The molecule has 4 nitrogen and oxygen atoms in total. The lowest BCUT2D eigenvalue weighted by Gasteiger charge is -2.11. The van der Waals surface area contributed by atoms with Gasteiger partial charge in [-0.25, -0.2) is 13.1 Å². The van der Waals surface area contributed by atoms with Crippen LogP contribution in [0.2, 0.25) is 5.02 Å². The predicted molar refractivity (Wildman–Crippen MR) is 93.8 cm³/mol. The number of fused-ring (bicyclic) bond motifs is 1. The highest BCUT2D eigenvalue weighted by Crippen LogP contribution is 2.27. The molecule has 0 aliphatic rings. The third-order valence-electron chi connectivity index (χ3n) is 3.58. The van der Waals surface area contributed by atoms with Gasteiger partial charge in [0.2, 0.25) is 10.0 Å². The minimum absolute atomic E-state index is 0.193. The van der Waals surface area contributed by atoms with E-state index in [1.807, 2.05) is 6.07 Å². The predicted octanol–water partition coefficient (Wildman–Crippen LogP) is 3.55. The first-order chi connectivity index (χ1) is 11.0. The Hall–Kier alpha value is -2.08. The largest absolute Gasteiger partial charge is 0.398 e. The third kappa shape index (κ3) is 3.32. The Morgan fingerprint density at radius 2 is 1.57 bits per heavy atom. The highest BCUT2D eigenvalue weighted by atomic mass is 35.5. The van der Waals surface area contributed by atoms with Crippen molar-refractivity contribution < 1.29 is 8.42 Å². The number of hydrogen-bond donors (Lipinski definition) is 2.